The van der Waals surface area contributed by atoms with Gasteiger partial charge in [0.15, 0.2) is 5.69 Å². The van der Waals surface area contributed by atoms with Crippen LogP contribution in [0.1, 0.15) is 24.1 Å². The normalized spacial score (nSPS) is 18.8. The summed E-state index contributed by atoms with van der Waals surface area (Å²) in [5.74, 6) is -1.12. The quantitative estimate of drug-likeness (QED) is 0.697. The second-order valence-electron chi connectivity index (χ2n) is 6.31. The minimum absolute atomic E-state index is 0.0479. The number of aromatic nitrogens is 2. The Balaban J connectivity index is 1.69. The highest BCUT2D eigenvalue weighted by Gasteiger charge is 2.34. The van der Waals surface area contributed by atoms with Crippen LogP contribution in [0, 0.1) is 5.82 Å². The highest BCUT2D eigenvalue weighted by Crippen LogP contribution is 2.28. The smallest absolute Gasteiger partial charge is 0.433 e. The van der Waals surface area contributed by atoms with Crippen molar-refractivity contribution in [3.05, 3.63) is 53.6 Å². The molecule has 0 spiro atoms. The van der Waals surface area contributed by atoms with Crippen LogP contribution in [0.15, 0.2) is 36.5 Å². The van der Waals surface area contributed by atoms with Crippen molar-refractivity contribution in [1.82, 2.24) is 14.3 Å². The van der Waals surface area contributed by atoms with Crippen LogP contribution in [0.5, 0.6) is 6.01 Å². The van der Waals surface area contributed by atoms with Crippen LogP contribution in [0.3, 0.4) is 0 Å². The number of benzene rings is 1. The summed E-state index contributed by atoms with van der Waals surface area (Å²) < 4.78 is 83.8. The molecule has 0 saturated carbocycles. The summed E-state index contributed by atoms with van der Waals surface area (Å²) in [6, 6.07) is 5.83. The maximum absolute atomic E-state index is 13.8. The molecule has 0 aliphatic carbocycles. The van der Waals surface area contributed by atoms with Crippen LogP contribution >= 0.6 is 0 Å². The topological polar surface area (TPSA) is 72.4 Å². The van der Waals surface area contributed by atoms with Gasteiger partial charge in [0, 0.05) is 18.3 Å². The molecular weight excluding hydrogens is 402 g/mol. The summed E-state index contributed by atoms with van der Waals surface area (Å²) in [7, 11) is -3.82. The van der Waals surface area contributed by atoms with Crippen LogP contribution in [-0.4, -0.2) is 41.9 Å². The van der Waals surface area contributed by atoms with Gasteiger partial charge in [0.25, 0.3) is 0 Å². The number of rotatable bonds is 5. The van der Waals surface area contributed by atoms with Gasteiger partial charge < -0.3 is 4.74 Å². The Hall–Kier alpha value is -2.27. The van der Waals surface area contributed by atoms with Gasteiger partial charge in [0.05, 0.1) is 12.3 Å². The van der Waals surface area contributed by atoms with Crippen molar-refractivity contribution < 1.29 is 30.7 Å². The average Bonchev–Trinajstić information content (AvgIpc) is 2.63. The van der Waals surface area contributed by atoms with E-state index < -0.39 is 45.6 Å². The Morgan fingerprint density at radius 1 is 1.21 bits per heavy atom. The van der Waals surface area contributed by atoms with Crippen LogP contribution in [0.2, 0.25) is 0 Å². The van der Waals surface area contributed by atoms with E-state index in [4.69, 9.17) is 4.74 Å². The molecule has 152 valence electrons. The molecule has 6 nitrogen and oxygen atoms in total. The van der Waals surface area contributed by atoms with Crippen molar-refractivity contribution in [2.75, 3.05) is 13.1 Å². The van der Waals surface area contributed by atoms with Crippen molar-refractivity contribution in [3.63, 3.8) is 0 Å². The third kappa shape index (κ3) is 4.96. The van der Waals surface area contributed by atoms with Crippen LogP contribution in [0.25, 0.3) is 0 Å². The molecule has 2 aromatic rings. The number of hydrogen-bond donors (Lipinski definition) is 0. The van der Waals surface area contributed by atoms with Crippen LogP contribution in [-0.2, 0) is 22.0 Å². The highest BCUT2D eigenvalue weighted by atomic mass is 32.2. The van der Waals surface area contributed by atoms with Crippen molar-refractivity contribution in [2.24, 2.45) is 0 Å². The predicted octanol–water partition coefficient (Wildman–Crippen LogP) is 3.01. The Bertz CT molecular complexity index is 937. The lowest BCUT2D eigenvalue weighted by molar-refractivity contribution is -0.141. The zero-order valence-corrected chi connectivity index (χ0v) is 15.4. The maximum Gasteiger partial charge on any atom is 0.433 e. The van der Waals surface area contributed by atoms with Gasteiger partial charge in [-0.05, 0) is 25.0 Å². The van der Waals surface area contributed by atoms with Crippen LogP contribution < -0.4 is 4.74 Å². The summed E-state index contributed by atoms with van der Waals surface area (Å²) in [5.41, 5.74) is -1.09. The number of alkyl halides is 3. The molecule has 1 aromatic carbocycles. The molecular formula is C17H17F4N3O3S. The Morgan fingerprint density at radius 3 is 2.68 bits per heavy atom. The molecule has 1 aliphatic rings. The van der Waals surface area contributed by atoms with Gasteiger partial charge in [-0.25, -0.2) is 17.8 Å². The van der Waals surface area contributed by atoms with E-state index in [1.165, 1.54) is 18.2 Å². The molecule has 28 heavy (non-hydrogen) atoms. The van der Waals surface area contributed by atoms with Crippen LogP contribution in [0.4, 0.5) is 17.6 Å². The van der Waals surface area contributed by atoms with Gasteiger partial charge in [0.1, 0.15) is 11.9 Å². The van der Waals surface area contributed by atoms with E-state index in [-0.39, 0.29) is 18.7 Å². The van der Waals surface area contributed by atoms with E-state index in [0.29, 0.717) is 12.8 Å². The van der Waals surface area contributed by atoms with E-state index in [9.17, 15) is 26.0 Å². The SMILES string of the molecule is O=S(=O)(Cc1ccccc1F)N1CCCC(Oc2nccc(C(F)(F)F)n2)C1. The summed E-state index contributed by atoms with van der Waals surface area (Å²) >= 11 is 0. The third-order valence-electron chi connectivity index (χ3n) is 4.23. The number of piperidine rings is 1. The molecule has 3 rings (SSSR count). The molecule has 2 heterocycles. The highest BCUT2D eigenvalue weighted by molar-refractivity contribution is 7.88. The lowest BCUT2D eigenvalue weighted by Crippen LogP contribution is -2.45. The molecule has 0 radical (unpaired) electrons. The molecule has 1 fully saturated rings. The Labute approximate surface area is 159 Å². The fraction of sp³-hybridized carbons (Fsp3) is 0.412. The number of hydrogen-bond acceptors (Lipinski definition) is 5. The second-order valence-corrected chi connectivity index (χ2v) is 8.28. The first kappa shape index (κ1) is 20.5. The van der Waals surface area contributed by atoms with E-state index in [1.807, 2.05) is 0 Å². The first-order valence-corrected chi connectivity index (χ1v) is 10.0. The first-order valence-electron chi connectivity index (χ1n) is 8.43. The molecule has 0 N–H and O–H groups in total. The van der Waals surface area contributed by atoms with Gasteiger partial charge in [-0.2, -0.15) is 22.5 Å². The Morgan fingerprint density at radius 2 is 1.96 bits per heavy atom. The lowest BCUT2D eigenvalue weighted by Gasteiger charge is -2.31. The minimum atomic E-state index is -4.64. The van der Waals surface area contributed by atoms with E-state index in [1.54, 1.807) is 6.07 Å². The van der Waals surface area contributed by atoms with Crippen molar-refractivity contribution >= 4 is 10.0 Å². The molecule has 1 aliphatic heterocycles. The second kappa shape index (κ2) is 8.00. The zero-order chi connectivity index (χ0) is 20.4. The lowest BCUT2D eigenvalue weighted by atomic mass is 10.1. The number of ether oxygens (including phenoxy) is 1. The molecule has 1 unspecified atom stereocenters. The van der Waals surface area contributed by atoms with E-state index in [2.05, 4.69) is 9.97 Å². The monoisotopic (exact) mass is 419 g/mol. The summed E-state index contributed by atoms with van der Waals surface area (Å²) in [4.78, 5) is 6.99. The van der Waals surface area contributed by atoms with Gasteiger partial charge in [-0.1, -0.05) is 18.2 Å². The predicted molar refractivity (Wildman–Crippen MR) is 91.3 cm³/mol. The fourth-order valence-corrected chi connectivity index (χ4v) is 4.47. The van der Waals surface area contributed by atoms with Crippen molar-refractivity contribution in [3.8, 4) is 6.01 Å². The number of nitrogens with zero attached hydrogens (tertiary/aromatic N) is 3. The zero-order valence-electron chi connectivity index (χ0n) is 14.6. The summed E-state index contributed by atoms with van der Waals surface area (Å²) in [6.45, 7) is 0.149. The largest absolute Gasteiger partial charge is 0.459 e. The summed E-state index contributed by atoms with van der Waals surface area (Å²) in [6.07, 6.45) is -3.53. The molecule has 1 saturated heterocycles. The van der Waals surface area contributed by atoms with Gasteiger partial charge in [-0.15, -0.1) is 0 Å². The molecule has 11 heteroatoms. The third-order valence-corrected chi connectivity index (χ3v) is 6.02. The van der Waals surface area contributed by atoms with Gasteiger partial charge in [-0.3, -0.25) is 0 Å². The van der Waals surface area contributed by atoms with E-state index >= 15 is 0 Å². The minimum Gasteiger partial charge on any atom is -0.459 e. The number of halogens is 4. The number of sulfonamides is 1. The Kier molecular flexibility index (Phi) is 5.84. The standard InChI is InChI=1S/C17H17F4N3O3S/c18-14-6-2-1-4-12(14)11-28(25,26)24-9-3-5-13(10-24)27-16-22-8-7-15(23-16)17(19,20)21/h1-2,4,6-8,13H,3,5,9-11H2. The first-order chi connectivity index (χ1) is 13.1. The molecule has 0 amide bonds. The molecule has 1 aromatic heterocycles. The van der Waals surface area contributed by atoms with Gasteiger partial charge >= 0.3 is 12.2 Å². The average molecular weight is 419 g/mol. The van der Waals surface area contributed by atoms with Crippen molar-refractivity contribution in [1.29, 1.82) is 0 Å². The van der Waals surface area contributed by atoms with Gasteiger partial charge in [0.2, 0.25) is 10.0 Å². The fourth-order valence-electron chi connectivity index (χ4n) is 2.86. The molecule has 1 atom stereocenters. The van der Waals surface area contributed by atoms with E-state index in [0.717, 1.165) is 16.6 Å². The maximum atomic E-state index is 13.8. The van der Waals surface area contributed by atoms with Crippen molar-refractivity contribution in [2.45, 2.75) is 30.9 Å². The summed E-state index contributed by atoms with van der Waals surface area (Å²) in [5, 5.41) is 0. The molecule has 0 bridgehead atoms.